The van der Waals surface area contributed by atoms with E-state index < -0.39 is 0 Å². The maximum Gasteiger partial charge on any atom is 0.0599 e. The number of nitrogens with two attached hydrogens (primary N) is 1. The lowest BCUT2D eigenvalue weighted by Gasteiger charge is -2.36. The highest BCUT2D eigenvalue weighted by Gasteiger charge is 2.18. The Morgan fingerprint density at radius 1 is 1.29 bits per heavy atom. The molecular weight excluding hydrogens is 216 g/mol. The highest BCUT2D eigenvalue weighted by atomic mass is 16.3. The van der Waals surface area contributed by atoms with Gasteiger partial charge >= 0.3 is 0 Å². The van der Waals surface area contributed by atoms with E-state index in [4.69, 9.17) is 10.8 Å². The fourth-order valence-corrected chi connectivity index (χ4v) is 2.23. The lowest BCUT2D eigenvalue weighted by Crippen LogP contribution is -2.47. The van der Waals surface area contributed by atoms with Crippen LogP contribution >= 0.6 is 0 Å². The van der Waals surface area contributed by atoms with E-state index in [1.165, 1.54) is 0 Å². The summed E-state index contributed by atoms with van der Waals surface area (Å²) in [6, 6.07) is 1.98. The second kappa shape index (κ2) is 5.95. The summed E-state index contributed by atoms with van der Waals surface area (Å²) in [6.45, 7) is 5.47. The van der Waals surface area contributed by atoms with E-state index in [1.807, 2.05) is 12.3 Å². The molecule has 17 heavy (non-hydrogen) atoms. The predicted octanol–water partition coefficient (Wildman–Crippen LogP) is -0.345. The van der Waals surface area contributed by atoms with Crippen molar-refractivity contribution in [3.05, 3.63) is 24.0 Å². The average molecular weight is 236 g/mol. The van der Waals surface area contributed by atoms with Gasteiger partial charge in [-0.25, -0.2) is 0 Å². The highest BCUT2D eigenvalue weighted by Crippen LogP contribution is 2.19. The highest BCUT2D eigenvalue weighted by molar-refractivity contribution is 5.52. The standard InChI is InChI=1S/C12H20N4O/c13-9-11-1-2-14-10-12(11)16-5-3-15(4-6-16)7-8-17/h1-2,10,17H,3-9,13H2. The number of aromatic nitrogens is 1. The van der Waals surface area contributed by atoms with Gasteiger partial charge in [-0.05, 0) is 11.6 Å². The van der Waals surface area contributed by atoms with Gasteiger partial charge in [0.15, 0.2) is 0 Å². The second-order valence-corrected chi connectivity index (χ2v) is 4.26. The molecular formula is C12H20N4O. The summed E-state index contributed by atoms with van der Waals surface area (Å²) in [5.74, 6) is 0. The zero-order chi connectivity index (χ0) is 12.1. The molecule has 1 saturated heterocycles. The fraction of sp³-hybridized carbons (Fsp3) is 0.583. The normalized spacial score (nSPS) is 17.4. The molecule has 0 spiro atoms. The summed E-state index contributed by atoms with van der Waals surface area (Å²) < 4.78 is 0. The third kappa shape index (κ3) is 2.94. The molecule has 3 N–H and O–H groups in total. The van der Waals surface area contributed by atoms with Gasteiger partial charge in [-0.3, -0.25) is 9.88 Å². The zero-order valence-electron chi connectivity index (χ0n) is 10.0. The third-order valence-corrected chi connectivity index (χ3v) is 3.24. The first-order valence-electron chi connectivity index (χ1n) is 6.06. The first-order chi connectivity index (χ1) is 8.35. The Balaban J connectivity index is 2.00. The van der Waals surface area contributed by atoms with Crippen LogP contribution in [-0.2, 0) is 6.54 Å². The van der Waals surface area contributed by atoms with Gasteiger partial charge < -0.3 is 15.7 Å². The molecule has 1 fully saturated rings. The van der Waals surface area contributed by atoms with E-state index >= 15 is 0 Å². The van der Waals surface area contributed by atoms with E-state index in [-0.39, 0.29) is 6.61 Å². The number of pyridine rings is 1. The first kappa shape index (κ1) is 12.3. The van der Waals surface area contributed by atoms with Crippen LogP contribution in [0.5, 0.6) is 0 Å². The molecule has 1 aromatic rings. The Hall–Kier alpha value is -1.17. The molecule has 94 valence electrons. The Labute approximate surface area is 102 Å². The minimum atomic E-state index is 0.237. The number of piperazine rings is 1. The molecule has 0 atom stereocenters. The van der Waals surface area contributed by atoms with Crippen LogP contribution in [0.1, 0.15) is 5.56 Å². The molecule has 1 aromatic heterocycles. The number of nitrogens with zero attached hydrogens (tertiary/aromatic N) is 3. The zero-order valence-corrected chi connectivity index (χ0v) is 10.0. The van der Waals surface area contributed by atoms with Crippen LogP contribution in [0.3, 0.4) is 0 Å². The molecule has 0 bridgehead atoms. The van der Waals surface area contributed by atoms with Gasteiger partial charge in [0.2, 0.25) is 0 Å². The van der Waals surface area contributed by atoms with Crippen LogP contribution in [0.15, 0.2) is 18.5 Å². The number of anilines is 1. The van der Waals surface area contributed by atoms with Gasteiger partial charge in [-0.15, -0.1) is 0 Å². The summed E-state index contributed by atoms with van der Waals surface area (Å²) in [4.78, 5) is 8.77. The maximum atomic E-state index is 8.90. The smallest absolute Gasteiger partial charge is 0.0599 e. The molecule has 2 rings (SSSR count). The fourth-order valence-electron chi connectivity index (χ4n) is 2.23. The number of rotatable bonds is 4. The summed E-state index contributed by atoms with van der Waals surface area (Å²) in [7, 11) is 0. The van der Waals surface area contributed by atoms with Gasteiger partial charge in [0.1, 0.15) is 0 Å². The molecule has 0 saturated carbocycles. The van der Waals surface area contributed by atoms with E-state index in [1.54, 1.807) is 6.20 Å². The van der Waals surface area contributed by atoms with Gasteiger partial charge in [0.05, 0.1) is 18.5 Å². The van der Waals surface area contributed by atoms with Crippen molar-refractivity contribution in [2.24, 2.45) is 5.73 Å². The Morgan fingerprint density at radius 2 is 2.06 bits per heavy atom. The largest absolute Gasteiger partial charge is 0.395 e. The second-order valence-electron chi connectivity index (χ2n) is 4.26. The molecule has 0 radical (unpaired) electrons. The molecule has 5 heteroatoms. The third-order valence-electron chi connectivity index (χ3n) is 3.24. The van der Waals surface area contributed by atoms with Crippen LogP contribution in [0.25, 0.3) is 0 Å². The Morgan fingerprint density at radius 3 is 2.71 bits per heavy atom. The Bertz CT molecular complexity index is 350. The van der Waals surface area contributed by atoms with Gasteiger partial charge in [0.25, 0.3) is 0 Å². The van der Waals surface area contributed by atoms with Gasteiger partial charge in [0, 0.05) is 45.5 Å². The van der Waals surface area contributed by atoms with Crippen molar-refractivity contribution in [2.75, 3.05) is 44.2 Å². The maximum absolute atomic E-state index is 8.90. The van der Waals surface area contributed by atoms with E-state index in [9.17, 15) is 0 Å². The molecule has 5 nitrogen and oxygen atoms in total. The minimum Gasteiger partial charge on any atom is -0.395 e. The Kier molecular flexibility index (Phi) is 4.30. The molecule has 2 heterocycles. The van der Waals surface area contributed by atoms with E-state index in [0.717, 1.165) is 44.0 Å². The minimum absolute atomic E-state index is 0.237. The number of aliphatic hydroxyl groups excluding tert-OH is 1. The molecule has 1 aliphatic heterocycles. The van der Waals surface area contributed by atoms with Crippen molar-refractivity contribution in [3.63, 3.8) is 0 Å². The topological polar surface area (TPSA) is 65.6 Å². The molecule has 0 amide bonds. The number of hydrogen-bond acceptors (Lipinski definition) is 5. The lowest BCUT2D eigenvalue weighted by atomic mass is 10.2. The van der Waals surface area contributed by atoms with Crippen LogP contribution in [0.2, 0.25) is 0 Å². The number of β-amino-alcohol motifs (C(OH)–C–C–N with tert-alkyl or cyclic N) is 1. The van der Waals surface area contributed by atoms with E-state index in [0.29, 0.717) is 6.54 Å². The average Bonchev–Trinajstić information content (AvgIpc) is 2.40. The van der Waals surface area contributed by atoms with Crippen molar-refractivity contribution in [1.82, 2.24) is 9.88 Å². The van der Waals surface area contributed by atoms with Crippen molar-refractivity contribution >= 4 is 5.69 Å². The first-order valence-corrected chi connectivity index (χ1v) is 6.06. The van der Waals surface area contributed by atoms with Crippen molar-refractivity contribution < 1.29 is 5.11 Å². The van der Waals surface area contributed by atoms with Crippen LogP contribution in [-0.4, -0.2) is 54.3 Å². The summed E-state index contributed by atoms with van der Waals surface area (Å²) in [5.41, 5.74) is 8.03. The predicted molar refractivity (Wildman–Crippen MR) is 67.9 cm³/mol. The van der Waals surface area contributed by atoms with Crippen molar-refractivity contribution in [2.45, 2.75) is 6.54 Å². The molecule has 1 aliphatic rings. The molecule has 0 aromatic carbocycles. The number of hydrogen-bond donors (Lipinski definition) is 2. The molecule has 0 unspecified atom stereocenters. The quantitative estimate of drug-likeness (QED) is 0.748. The monoisotopic (exact) mass is 236 g/mol. The van der Waals surface area contributed by atoms with Crippen LogP contribution < -0.4 is 10.6 Å². The SMILES string of the molecule is NCc1ccncc1N1CCN(CCO)CC1. The van der Waals surface area contributed by atoms with Crippen molar-refractivity contribution in [1.29, 1.82) is 0 Å². The van der Waals surface area contributed by atoms with Crippen molar-refractivity contribution in [3.8, 4) is 0 Å². The molecule has 0 aliphatic carbocycles. The van der Waals surface area contributed by atoms with E-state index in [2.05, 4.69) is 14.8 Å². The van der Waals surface area contributed by atoms with Gasteiger partial charge in [-0.1, -0.05) is 0 Å². The summed E-state index contributed by atoms with van der Waals surface area (Å²) >= 11 is 0. The summed E-state index contributed by atoms with van der Waals surface area (Å²) in [5, 5.41) is 8.90. The van der Waals surface area contributed by atoms with Crippen LogP contribution in [0, 0.1) is 0 Å². The van der Waals surface area contributed by atoms with Crippen LogP contribution in [0.4, 0.5) is 5.69 Å². The van der Waals surface area contributed by atoms with Gasteiger partial charge in [-0.2, -0.15) is 0 Å². The lowest BCUT2D eigenvalue weighted by molar-refractivity contribution is 0.188. The number of aliphatic hydroxyl groups is 1. The summed E-state index contributed by atoms with van der Waals surface area (Å²) in [6.07, 6.45) is 3.68.